The zero-order valence-electron chi connectivity index (χ0n) is 10.6. The van der Waals surface area contributed by atoms with Crippen LogP contribution in [-0.2, 0) is 11.5 Å². The lowest BCUT2D eigenvalue weighted by atomic mass is 9.87. The molecular formula is C11H22N2OSi. The lowest BCUT2D eigenvalue weighted by Gasteiger charge is -2.31. The molecule has 3 nitrogen and oxygen atoms in total. The summed E-state index contributed by atoms with van der Waals surface area (Å²) >= 11 is 0. The molecule has 0 aliphatic carbocycles. The van der Waals surface area contributed by atoms with Crippen LogP contribution in [0, 0.1) is 5.41 Å². The average Bonchev–Trinajstić information content (AvgIpc) is 2.45. The van der Waals surface area contributed by atoms with Crippen molar-refractivity contribution >= 4 is 9.04 Å². The molecule has 1 aromatic heterocycles. The van der Waals surface area contributed by atoms with Crippen molar-refractivity contribution in [3.05, 3.63) is 18.2 Å². The summed E-state index contributed by atoms with van der Waals surface area (Å²) in [6.07, 6.45) is 4.00. The summed E-state index contributed by atoms with van der Waals surface area (Å²) in [5, 5.41) is 0. The monoisotopic (exact) mass is 226 g/mol. The van der Waals surface area contributed by atoms with E-state index in [4.69, 9.17) is 4.43 Å². The third-order valence-electron chi connectivity index (χ3n) is 2.19. The highest BCUT2D eigenvalue weighted by atomic mass is 28.3. The summed E-state index contributed by atoms with van der Waals surface area (Å²) in [4.78, 5) is 4.40. The topological polar surface area (TPSA) is 27.1 Å². The Bertz CT molecular complexity index is 315. The summed E-state index contributed by atoms with van der Waals surface area (Å²) in [7, 11) is 0.951. The molecule has 4 heteroatoms. The van der Waals surface area contributed by atoms with Gasteiger partial charge >= 0.3 is 0 Å². The third-order valence-corrected chi connectivity index (χ3v) is 3.00. The smallest absolute Gasteiger partial charge is 0.171 e. The van der Waals surface area contributed by atoms with Gasteiger partial charge in [0.05, 0.1) is 18.1 Å². The third kappa shape index (κ3) is 3.46. The van der Waals surface area contributed by atoms with Crippen molar-refractivity contribution in [3.63, 3.8) is 0 Å². The Balaban J connectivity index is 2.91. The van der Waals surface area contributed by atoms with Crippen molar-refractivity contribution in [2.75, 3.05) is 0 Å². The first-order valence-electron chi connectivity index (χ1n) is 5.44. The molecule has 0 radical (unpaired) electrons. The van der Waals surface area contributed by atoms with Gasteiger partial charge in [0, 0.05) is 13.2 Å². The molecule has 86 valence electrons. The Kier molecular flexibility index (Phi) is 3.73. The summed E-state index contributed by atoms with van der Waals surface area (Å²) in [6, 6.07) is 0. The second-order valence-electron chi connectivity index (χ2n) is 5.39. The van der Waals surface area contributed by atoms with Crippen molar-refractivity contribution < 1.29 is 4.43 Å². The quantitative estimate of drug-likeness (QED) is 0.741. The minimum absolute atomic E-state index is 0.103. The van der Waals surface area contributed by atoms with E-state index in [9.17, 15) is 0 Å². The fraction of sp³-hybridized carbons (Fsp3) is 0.727. The van der Waals surface area contributed by atoms with E-state index in [-0.39, 0.29) is 11.5 Å². The number of hydrogen-bond acceptors (Lipinski definition) is 2. The molecule has 0 fully saturated rings. The van der Waals surface area contributed by atoms with Crippen LogP contribution >= 0.6 is 0 Å². The van der Waals surface area contributed by atoms with E-state index in [2.05, 4.69) is 38.8 Å². The van der Waals surface area contributed by atoms with Gasteiger partial charge in [-0.2, -0.15) is 0 Å². The van der Waals surface area contributed by atoms with Gasteiger partial charge in [-0.05, 0) is 18.5 Å². The predicted molar refractivity (Wildman–Crippen MR) is 65.4 cm³/mol. The van der Waals surface area contributed by atoms with Gasteiger partial charge in [0.2, 0.25) is 0 Å². The Hall–Kier alpha value is -0.613. The van der Waals surface area contributed by atoms with Crippen LogP contribution < -0.4 is 0 Å². The van der Waals surface area contributed by atoms with Crippen LogP contribution in [0.4, 0.5) is 0 Å². The van der Waals surface area contributed by atoms with Gasteiger partial charge in [0.1, 0.15) is 0 Å². The molecule has 0 spiro atoms. The molecule has 0 saturated heterocycles. The SMILES string of the molecule is Cn1cnc(C(O[SiH](C)C)C(C)(C)C)c1. The minimum atomic E-state index is -1.04. The highest BCUT2D eigenvalue weighted by Gasteiger charge is 2.29. The number of aromatic nitrogens is 2. The number of hydrogen-bond donors (Lipinski definition) is 0. The highest BCUT2D eigenvalue weighted by molar-refractivity contribution is 6.48. The molecule has 1 heterocycles. The Morgan fingerprint density at radius 3 is 2.33 bits per heavy atom. The molecule has 15 heavy (non-hydrogen) atoms. The molecule has 0 saturated carbocycles. The van der Waals surface area contributed by atoms with Crippen molar-refractivity contribution in [2.45, 2.75) is 40.0 Å². The van der Waals surface area contributed by atoms with Crippen LogP contribution in [0.15, 0.2) is 12.5 Å². The minimum Gasteiger partial charge on any atom is -0.412 e. The largest absolute Gasteiger partial charge is 0.412 e. The summed E-state index contributed by atoms with van der Waals surface area (Å²) in [5.41, 5.74) is 1.15. The molecule has 0 aromatic carbocycles. The van der Waals surface area contributed by atoms with Crippen LogP contribution in [0.3, 0.4) is 0 Å². The normalized spacial score (nSPS) is 14.6. The van der Waals surface area contributed by atoms with Crippen molar-refractivity contribution in [2.24, 2.45) is 12.5 Å². The van der Waals surface area contributed by atoms with Crippen LogP contribution in [0.5, 0.6) is 0 Å². The highest BCUT2D eigenvalue weighted by Crippen LogP contribution is 2.35. The summed E-state index contributed by atoms with van der Waals surface area (Å²) < 4.78 is 8.05. The molecule has 0 aliphatic rings. The zero-order chi connectivity index (χ0) is 11.6. The van der Waals surface area contributed by atoms with E-state index in [1.165, 1.54) is 0 Å². The van der Waals surface area contributed by atoms with E-state index < -0.39 is 9.04 Å². The van der Waals surface area contributed by atoms with E-state index >= 15 is 0 Å². The van der Waals surface area contributed by atoms with Crippen LogP contribution in [0.25, 0.3) is 0 Å². The lowest BCUT2D eigenvalue weighted by Crippen LogP contribution is -2.26. The van der Waals surface area contributed by atoms with E-state index in [1.54, 1.807) is 0 Å². The van der Waals surface area contributed by atoms with E-state index in [1.807, 2.05) is 24.1 Å². The fourth-order valence-electron chi connectivity index (χ4n) is 1.56. The van der Waals surface area contributed by atoms with Crippen LogP contribution in [0.1, 0.15) is 32.6 Å². The molecular weight excluding hydrogens is 204 g/mol. The molecule has 1 unspecified atom stereocenters. The van der Waals surface area contributed by atoms with Crippen molar-refractivity contribution in [1.29, 1.82) is 0 Å². The standard InChI is InChI=1S/C11H22N2OSi/c1-11(2,3)10(14-15(5)6)9-7-13(4)8-12-9/h7-8,10,15H,1-6H3. The molecule has 1 aromatic rings. The first-order chi connectivity index (χ1) is 6.80. The van der Waals surface area contributed by atoms with Gasteiger partial charge in [-0.25, -0.2) is 4.98 Å². The fourth-order valence-corrected chi connectivity index (χ4v) is 2.65. The van der Waals surface area contributed by atoms with Gasteiger partial charge < -0.3 is 8.99 Å². The first kappa shape index (κ1) is 12.5. The maximum Gasteiger partial charge on any atom is 0.171 e. The Morgan fingerprint density at radius 2 is 2.00 bits per heavy atom. The average molecular weight is 226 g/mol. The van der Waals surface area contributed by atoms with Crippen LogP contribution in [-0.4, -0.2) is 18.6 Å². The van der Waals surface area contributed by atoms with E-state index in [0.717, 1.165) is 5.69 Å². The zero-order valence-corrected chi connectivity index (χ0v) is 11.8. The second kappa shape index (κ2) is 4.49. The van der Waals surface area contributed by atoms with Gasteiger partial charge in [-0.15, -0.1) is 0 Å². The van der Waals surface area contributed by atoms with Gasteiger partial charge in [-0.3, -0.25) is 0 Å². The maximum atomic E-state index is 6.08. The first-order valence-corrected chi connectivity index (χ1v) is 8.22. The van der Waals surface area contributed by atoms with Gasteiger partial charge in [0.15, 0.2) is 9.04 Å². The second-order valence-corrected chi connectivity index (χ2v) is 7.76. The van der Waals surface area contributed by atoms with Gasteiger partial charge in [-0.1, -0.05) is 20.8 Å². The summed E-state index contributed by atoms with van der Waals surface area (Å²) in [6.45, 7) is 11.0. The predicted octanol–water partition coefficient (Wildman–Crippen LogP) is 2.51. The number of imidazole rings is 1. The lowest BCUT2D eigenvalue weighted by molar-refractivity contribution is 0.0830. The van der Waals surface area contributed by atoms with Gasteiger partial charge in [0.25, 0.3) is 0 Å². The molecule has 1 atom stereocenters. The summed E-state index contributed by atoms with van der Waals surface area (Å²) in [5.74, 6) is 0. The molecule has 0 N–H and O–H groups in total. The van der Waals surface area contributed by atoms with Crippen LogP contribution in [0.2, 0.25) is 13.1 Å². The van der Waals surface area contributed by atoms with Crippen molar-refractivity contribution in [3.8, 4) is 0 Å². The molecule has 0 aliphatic heterocycles. The Labute approximate surface area is 94.2 Å². The maximum absolute atomic E-state index is 6.08. The number of aryl methyl sites for hydroxylation is 1. The number of nitrogens with zero attached hydrogens (tertiary/aromatic N) is 2. The number of rotatable bonds is 3. The molecule has 0 amide bonds. The Morgan fingerprint density at radius 1 is 1.40 bits per heavy atom. The van der Waals surface area contributed by atoms with E-state index in [0.29, 0.717) is 0 Å². The molecule has 0 bridgehead atoms. The van der Waals surface area contributed by atoms with Crippen molar-refractivity contribution in [1.82, 2.24) is 9.55 Å². The molecule has 1 rings (SSSR count).